The summed E-state index contributed by atoms with van der Waals surface area (Å²) in [5.74, 6) is 0.604. The SMILES string of the molecule is CC(Cc1ccccc1)C(C)Nc1ccccc1.[V]. The van der Waals surface area contributed by atoms with Gasteiger partial charge in [0.1, 0.15) is 0 Å². The molecule has 1 radical (unpaired) electrons. The van der Waals surface area contributed by atoms with Crippen molar-refractivity contribution in [1.29, 1.82) is 0 Å². The van der Waals surface area contributed by atoms with Crippen molar-refractivity contribution in [3.8, 4) is 0 Å². The molecule has 1 N–H and O–H groups in total. The van der Waals surface area contributed by atoms with Crippen LogP contribution >= 0.6 is 0 Å². The smallest absolute Gasteiger partial charge is 0.0342 e. The van der Waals surface area contributed by atoms with E-state index in [9.17, 15) is 0 Å². The largest absolute Gasteiger partial charge is 0.382 e. The number of rotatable bonds is 5. The van der Waals surface area contributed by atoms with Crippen LogP contribution in [0.2, 0.25) is 0 Å². The summed E-state index contributed by atoms with van der Waals surface area (Å²) in [6.07, 6.45) is 1.11. The quantitative estimate of drug-likeness (QED) is 0.862. The van der Waals surface area contributed by atoms with Gasteiger partial charge in [-0.15, -0.1) is 0 Å². The Morgan fingerprint density at radius 1 is 0.842 bits per heavy atom. The van der Waals surface area contributed by atoms with Gasteiger partial charge in [-0.1, -0.05) is 55.5 Å². The predicted octanol–water partition coefficient (Wildman–Crippen LogP) is 4.36. The third-order valence-electron chi connectivity index (χ3n) is 3.42. The molecule has 2 aromatic carbocycles. The van der Waals surface area contributed by atoms with Crippen molar-refractivity contribution in [3.63, 3.8) is 0 Å². The molecule has 19 heavy (non-hydrogen) atoms. The summed E-state index contributed by atoms with van der Waals surface area (Å²) in [4.78, 5) is 0. The molecule has 1 nitrogen and oxygen atoms in total. The van der Waals surface area contributed by atoms with Crippen LogP contribution in [0.3, 0.4) is 0 Å². The van der Waals surface area contributed by atoms with Crippen LogP contribution in [0.1, 0.15) is 19.4 Å². The molecule has 0 spiro atoms. The van der Waals surface area contributed by atoms with Crippen molar-refractivity contribution in [2.45, 2.75) is 26.3 Å². The van der Waals surface area contributed by atoms with Crippen molar-refractivity contribution < 1.29 is 18.6 Å². The van der Waals surface area contributed by atoms with Crippen LogP contribution in [0, 0.1) is 5.92 Å². The molecule has 99 valence electrons. The van der Waals surface area contributed by atoms with Gasteiger partial charge in [0.25, 0.3) is 0 Å². The van der Waals surface area contributed by atoms with Crippen LogP contribution < -0.4 is 5.32 Å². The van der Waals surface area contributed by atoms with E-state index in [4.69, 9.17) is 0 Å². The van der Waals surface area contributed by atoms with E-state index in [1.165, 1.54) is 11.3 Å². The molecule has 0 fully saturated rings. The number of anilines is 1. The van der Waals surface area contributed by atoms with Gasteiger partial charge in [-0.25, -0.2) is 0 Å². The summed E-state index contributed by atoms with van der Waals surface area (Å²) in [6, 6.07) is 21.6. The van der Waals surface area contributed by atoms with Gasteiger partial charge in [-0.3, -0.25) is 0 Å². The van der Waals surface area contributed by atoms with Crippen molar-refractivity contribution in [2.75, 3.05) is 5.32 Å². The fourth-order valence-electron chi connectivity index (χ4n) is 2.10. The molecule has 2 aromatic rings. The fourth-order valence-corrected chi connectivity index (χ4v) is 2.10. The maximum absolute atomic E-state index is 3.56. The van der Waals surface area contributed by atoms with Gasteiger partial charge in [0, 0.05) is 30.3 Å². The van der Waals surface area contributed by atoms with E-state index in [2.05, 4.69) is 73.8 Å². The van der Waals surface area contributed by atoms with Gasteiger partial charge in [0.2, 0.25) is 0 Å². The summed E-state index contributed by atoms with van der Waals surface area (Å²) in [5, 5.41) is 3.56. The average molecular weight is 290 g/mol. The first kappa shape index (κ1) is 15.9. The molecular formula is C17H21NV. The van der Waals surface area contributed by atoms with E-state index in [0.717, 1.165) is 6.42 Å². The van der Waals surface area contributed by atoms with Crippen LogP contribution in [0.25, 0.3) is 0 Å². The zero-order valence-electron chi connectivity index (χ0n) is 11.6. The standard InChI is InChI=1S/C17H21N.V/c1-14(13-16-9-5-3-6-10-16)15(2)18-17-11-7-4-8-12-17;/h3-12,14-15,18H,13H2,1-2H3;. The molecule has 2 atom stereocenters. The van der Waals surface area contributed by atoms with E-state index < -0.39 is 0 Å². The Kier molecular flexibility index (Phi) is 6.76. The number of nitrogens with one attached hydrogen (secondary N) is 1. The van der Waals surface area contributed by atoms with Crippen molar-refractivity contribution in [3.05, 3.63) is 66.2 Å². The number of hydrogen-bond donors (Lipinski definition) is 1. The molecule has 0 aliphatic carbocycles. The average Bonchev–Trinajstić information content (AvgIpc) is 2.41. The van der Waals surface area contributed by atoms with E-state index in [-0.39, 0.29) is 18.6 Å². The van der Waals surface area contributed by atoms with Crippen LogP contribution in [-0.2, 0) is 25.0 Å². The van der Waals surface area contributed by atoms with Gasteiger partial charge >= 0.3 is 0 Å². The second-order valence-electron chi connectivity index (χ2n) is 4.97. The first-order valence-electron chi connectivity index (χ1n) is 6.61. The molecule has 0 aromatic heterocycles. The molecule has 0 aliphatic heterocycles. The zero-order valence-corrected chi connectivity index (χ0v) is 13.0. The Labute approximate surface area is 128 Å². The molecule has 0 heterocycles. The third-order valence-corrected chi connectivity index (χ3v) is 3.42. The first-order chi connectivity index (χ1) is 8.75. The third kappa shape index (κ3) is 5.14. The molecule has 0 saturated carbocycles. The van der Waals surface area contributed by atoms with Crippen molar-refractivity contribution in [1.82, 2.24) is 0 Å². The van der Waals surface area contributed by atoms with Gasteiger partial charge in [0.05, 0.1) is 0 Å². The van der Waals surface area contributed by atoms with Crippen molar-refractivity contribution >= 4 is 5.69 Å². The monoisotopic (exact) mass is 290 g/mol. The Bertz CT molecular complexity index is 410. The van der Waals surface area contributed by atoms with Gasteiger partial charge in [0.15, 0.2) is 0 Å². The second kappa shape index (κ2) is 8.09. The van der Waals surface area contributed by atoms with E-state index in [1.54, 1.807) is 0 Å². The molecule has 0 bridgehead atoms. The molecule has 0 amide bonds. The number of para-hydroxylation sites is 1. The van der Waals surface area contributed by atoms with Crippen molar-refractivity contribution in [2.24, 2.45) is 5.92 Å². The number of hydrogen-bond acceptors (Lipinski definition) is 1. The Hall–Kier alpha value is -1.18. The summed E-state index contributed by atoms with van der Waals surface area (Å²) in [5.41, 5.74) is 2.61. The van der Waals surface area contributed by atoms with Gasteiger partial charge < -0.3 is 5.32 Å². The summed E-state index contributed by atoms with van der Waals surface area (Å²) < 4.78 is 0. The Balaban J connectivity index is 0.00000180. The molecular weight excluding hydrogens is 269 g/mol. The minimum Gasteiger partial charge on any atom is -0.382 e. The maximum Gasteiger partial charge on any atom is 0.0342 e. The van der Waals surface area contributed by atoms with Crippen LogP contribution in [0.5, 0.6) is 0 Å². The molecule has 2 heteroatoms. The number of benzene rings is 2. The topological polar surface area (TPSA) is 12.0 Å². The Morgan fingerprint density at radius 3 is 1.95 bits per heavy atom. The Morgan fingerprint density at radius 2 is 1.37 bits per heavy atom. The van der Waals surface area contributed by atoms with Crippen LogP contribution in [0.15, 0.2) is 60.7 Å². The summed E-state index contributed by atoms with van der Waals surface area (Å²) >= 11 is 0. The summed E-state index contributed by atoms with van der Waals surface area (Å²) in [7, 11) is 0. The first-order valence-corrected chi connectivity index (χ1v) is 6.61. The van der Waals surface area contributed by atoms with E-state index >= 15 is 0 Å². The minimum atomic E-state index is 0. The zero-order chi connectivity index (χ0) is 12.8. The van der Waals surface area contributed by atoms with Crippen LogP contribution in [0.4, 0.5) is 5.69 Å². The summed E-state index contributed by atoms with van der Waals surface area (Å²) in [6.45, 7) is 4.55. The van der Waals surface area contributed by atoms with E-state index in [1.807, 2.05) is 6.07 Å². The maximum atomic E-state index is 3.56. The normalized spacial score (nSPS) is 13.2. The minimum absolute atomic E-state index is 0. The van der Waals surface area contributed by atoms with Gasteiger partial charge in [-0.05, 0) is 37.0 Å². The molecule has 2 unspecified atom stereocenters. The second-order valence-corrected chi connectivity index (χ2v) is 4.97. The van der Waals surface area contributed by atoms with Crippen LogP contribution in [-0.4, -0.2) is 6.04 Å². The van der Waals surface area contributed by atoms with E-state index in [0.29, 0.717) is 12.0 Å². The molecule has 0 aliphatic rings. The molecule has 0 saturated heterocycles. The molecule has 2 rings (SSSR count). The predicted molar refractivity (Wildman–Crippen MR) is 78.8 cm³/mol. The fraction of sp³-hybridized carbons (Fsp3) is 0.294. The van der Waals surface area contributed by atoms with Gasteiger partial charge in [-0.2, -0.15) is 0 Å².